The van der Waals surface area contributed by atoms with Crippen LogP contribution >= 0.6 is 0 Å². The zero-order valence-electron chi connectivity index (χ0n) is 8.00. The fourth-order valence-electron chi connectivity index (χ4n) is 1.36. The molecular weight excluding hydrogens is 192 g/mol. The first-order chi connectivity index (χ1) is 7.25. The molecule has 1 aliphatic heterocycles. The van der Waals surface area contributed by atoms with Crippen molar-refractivity contribution in [1.29, 1.82) is 0 Å². The van der Waals surface area contributed by atoms with Crippen molar-refractivity contribution in [2.24, 2.45) is 5.10 Å². The van der Waals surface area contributed by atoms with Crippen LogP contribution in [0.1, 0.15) is 0 Å². The summed E-state index contributed by atoms with van der Waals surface area (Å²) in [5.74, 6) is -0.900. The minimum Gasteiger partial charge on any atom is -0.480 e. The molecule has 2 rings (SSSR count). The second kappa shape index (κ2) is 3.96. The topological polar surface area (TPSA) is 52.9 Å². The third kappa shape index (κ3) is 2.22. The van der Waals surface area contributed by atoms with Crippen LogP contribution in [0, 0.1) is 0 Å². The molecule has 4 nitrogen and oxygen atoms in total. The zero-order valence-corrected chi connectivity index (χ0v) is 8.00. The van der Waals surface area contributed by atoms with Gasteiger partial charge in [0.2, 0.25) is 0 Å². The van der Waals surface area contributed by atoms with E-state index in [9.17, 15) is 4.79 Å². The number of benzene rings is 1. The van der Waals surface area contributed by atoms with Gasteiger partial charge in [0.15, 0.2) is 0 Å². The molecule has 0 atom stereocenters. The number of carboxylic acids is 1. The Morgan fingerprint density at radius 2 is 2.20 bits per heavy atom. The maximum Gasteiger partial charge on any atom is 0.325 e. The van der Waals surface area contributed by atoms with Crippen LogP contribution in [0.15, 0.2) is 41.6 Å². The SMILES string of the molecule is O=C(O)CN1C=CC=c2ccccc2=N1. The number of allylic oxidation sites excluding steroid dienone is 1. The number of hydrogen-bond donors (Lipinski definition) is 1. The van der Waals surface area contributed by atoms with Crippen molar-refractivity contribution in [3.63, 3.8) is 0 Å². The van der Waals surface area contributed by atoms with Crippen molar-refractivity contribution in [2.45, 2.75) is 0 Å². The Labute approximate surface area is 86.5 Å². The molecular formula is C11H10N2O2. The Hall–Kier alpha value is -2.10. The van der Waals surface area contributed by atoms with E-state index in [2.05, 4.69) is 5.10 Å². The molecule has 0 aliphatic carbocycles. The summed E-state index contributed by atoms with van der Waals surface area (Å²) in [7, 11) is 0. The van der Waals surface area contributed by atoms with Crippen molar-refractivity contribution >= 4 is 12.0 Å². The molecule has 0 bridgehead atoms. The second-order valence-electron chi connectivity index (χ2n) is 3.16. The highest BCUT2D eigenvalue weighted by Gasteiger charge is 2.03. The van der Waals surface area contributed by atoms with Crippen molar-refractivity contribution < 1.29 is 9.90 Å². The highest BCUT2D eigenvalue weighted by Crippen LogP contribution is 1.92. The third-order valence-electron chi connectivity index (χ3n) is 2.00. The van der Waals surface area contributed by atoms with Crippen LogP contribution in [0.2, 0.25) is 0 Å². The van der Waals surface area contributed by atoms with E-state index >= 15 is 0 Å². The number of hydrogen-bond acceptors (Lipinski definition) is 3. The lowest BCUT2D eigenvalue weighted by molar-refractivity contribution is -0.137. The van der Waals surface area contributed by atoms with E-state index in [0.29, 0.717) is 0 Å². The summed E-state index contributed by atoms with van der Waals surface area (Å²) in [5.41, 5.74) is 0. The summed E-state index contributed by atoms with van der Waals surface area (Å²) in [4.78, 5) is 10.5. The average molecular weight is 202 g/mol. The van der Waals surface area contributed by atoms with Gasteiger partial charge in [-0.1, -0.05) is 24.3 Å². The van der Waals surface area contributed by atoms with Gasteiger partial charge in [0.05, 0.1) is 5.36 Å². The fraction of sp³-hybridized carbons (Fsp3) is 0.0909. The Bertz CT molecular complexity index is 520. The highest BCUT2D eigenvalue weighted by molar-refractivity contribution is 5.69. The minimum atomic E-state index is -0.900. The maximum atomic E-state index is 10.5. The summed E-state index contributed by atoms with van der Waals surface area (Å²) < 4.78 is 0. The predicted octanol–water partition coefficient (Wildman–Crippen LogP) is -0.0844. The normalized spacial score (nSPS) is 13.5. The number of carboxylic acid groups (broad SMARTS) is 1. The van der Waals surface area contributed by atoms with Gasteiger partial charge in [-0.05, 0) is 12.1 Å². The van der Waals surface area contributed by atoms with Gasteiger partial charge in [-0.2, -0.15) is 5.10 Å². The summed E-state index contributed by atoms with van der Waals surface area (Å²) in [6, 6.07) is 7.59. The van der Waals surface area contributed by atoms with Gasteiger partial charge in [0.1, 0.15) is 6.54 Å². The van der Waals surface area contributed by atoms with Crippen LogP contribution in [-0.2, 0) is 4.79 Å². The standard InChI is InChI=1S/C11H10N2O2/c14-11(15)8-13-7-3-5-9-4-1-2-6-10(9)12-13/h1-7H,8H2,(H,14,15). The Morgan fingerprint density at radius 1 is 1.40 bits per heavy atom. The van der Waals surface area contributed by atoms with Crippen LogP contribution in [0.25, 0.3) is 6.08 Å². The first-order valence-electron chi connectivity index (χ1n) is 4.56. The summed E-state index contributed by atoms with van der Waals surface area (Å²) in [6.07, 6.45) is 5.34. The van der Waals surface area contributed by atoms with Gasteiger partial charge in [0, 0.05) is 11.4 Å². The molecule has 0 fully saturated rings. The molecule has 0 saturated carbocycles. The molecule has 0 spiro atoms. The predicted molar refractivity (Wildman–Crippen MR) is 55.2 cm³/mol. The Kier molecular flexibility index (Phi) is 2.49. The van der Waals surface area contributed by atoms with Crippen molar-refractivity contribution in [2.75, 3.05) is 6.54 Å². The molecule has 1 aromatic carbocycles. The quantitative estimate of drug-likeness (QED) is 0.729. The van der Waals surface area contributed by atoms with Crippen LogP contribution in [0.5, 0.6) is 0 Å². The molecule has 0 aromatic heterocycles. The molecule has 1 aliphatic rings. The number of carbonyl (C=O) groups is 1. The number of fused-ring (bicyclic) bond motifs is 1. The van der Waals surface area contributed by atoms with Crippen molar-refractivity contribution in [1.82, 2.24) is 5.01 Å². The first kappa shape index (κ1) is 9.45. The van der Waals surface area contributed by atoms with E-state index in [1.807, 2.05) is 30.3 Å². The molecule has 76 valence electrons. The molecule has 0 saturated heterocycles. The fourth-order valence-corrected chi connectivity index (χ4v) is 1.36. The Morgan fingerprint density at radius 3 is 3.00 bits per heavy atom. The second-order valence-corrected chi connectivity index (χ2v) is 3.16. The highest BCUT2D eigenvalue weighted by atomic mass is 16.4. The van der Waals surface area contributed by atoms with Gasteiger partial charge >= 0.3 is 5.97 Å². The maximum absolute atomic E-state index is 10.5. The van der Waals surface area contributed by atoms with Gasteiger partial charge < -0.3 is 5.11 Å². The van der Waals surface area contributed by atoms with Crippen LogP contribution in [0.4, 0.5) is 0 Å². The first-order valence-corrected chi connectivity index (χ1v) is 4.56. The lowest BCUT2D eigenvalue weighted by atomic mass is 10.3. The monoisotopic (exact) mass is 202 g/mol. The summed E-state index contributed by atoms with van der Waals surface area (Å²) >= 11 is 0. The molecule has 4 heteroatoms. The van der Waals surface area contributed by atoms with Crippen LogP contribution < -0.4 is 10.6 Å². The van der Waals surface area contributed by atoms with Crippen LogP contribution in [-0.4, -0.2) is 22.6 Å². The van der Waals surface area contributed by atoms with Gasteiger partial charge in [0.25, 0.3) is 0 Å². The average Bonchev–Trinajstić information content (AvgIpc) is 2.38. The number of aliphatic carboxylic acids is 1. The number of nitrogens with zero attached hydrogens (tertiary/aromatic N) is 2. The molecule has 1 N–H and O–H groups in total. The molecule has 15 heavy (non-hydrogen) atoms. The third-order valence-corrected chi connectivity index (χ3v) is 2.00. The van der Waals surface area contributed by atoms with Crippen molar-refractivity contribution in [3.8, 4) is 0 Å². The Balaban J connectivity index is 2.43. The molecule has 1 heterocycles. The smallest absolute Gasteiger partial charge is 0.325 e. The minimum absolute atomic E-state index is 0.126. The molecule has 1 aromatic rings. The number of rotatable bonds is 2. The summed E-state index contributed by atoms with van der Waals surface area (Å²) in [6.45, 7) is -0.126. The lowest BCUT2D eigenvalue weighted by Gasteiger charge is -2.09. The molecule has 0 radical (unpaired) electrons. The van der Waals surface area contributed by atoms with E-state index in [-0.39, 0.29) is 6.54 Å². The largest absolute Gasteiger partial charge is 0.480 e. The molecule has 0 amide bonds. The summed E-state index contributed by atoms with van der Waals surface area (Å²) in [5, 5.41) is 16.0. The van der Waals surface area contributed by atoms with E-state index < -0.39 is 5.97 Å². The molecule has 0 unspecified atom stereocenters. The van der Waals surface area contributed by atoms with E-state index in [0.717, 1.165) is 10.6 Å². The van der Waals surface area contributed by atoms with E-state index in [1.54, 1.807) is 12.3 Å². The van der Waals surface area contributed by atoms with Crippen LogP contribution in [0.3, 0.4) is 0 Å². The van der Waals surface area contributed by atoms with E-state index in [4.69, 9.17) is 5.11 Å². The van der Waals surface area contributed by atoms with Gasteiger partial charge in [-0.25, -0.2) is 0 Å². The van der Waals surface area contributed by atoms with Gasteiger partial charge in [-0.3, -0.25) is 9.80 Å². The zero-order chi connectivity index (χ0) is 10.7. The van der Waals surface area contributed by atoms with Gasteiger partial charge in [-0.15, -0.1) is 0 Å². The lowest BCUT2D eigenvalue weighted by Crippen LogP contribution is -2.28. The van der Waals surface area contributed by atoms with Crippen molar-refractivity contribution in [3.05, 3.63) is 47.1 Å². The van der Waals surface area contributed by atoms with E-state index in [1.165, 1.54) is 5.01 Å².